The summed E-state index contributed by atoms with van der Waals surface area (Å²) in [6.07, 6.45) is 1.58. The highest BCUT2D eigenvalue weighted by molar-refractivity contribution is 9.11. The number of nitrogens with one attached hydrogen (secondary N) is 1. The summed E-state index contributed by atoms with van der Waals surface area (Å²) in [5.74, 6) is 0. The molecule has 0 spiro atoms. The maximum Gasteiger partial charge on any atom is 0.242 e. The van der Waals surface area contributed by atoms with Crippen LogP contribution in [0, 0.1) is 0 Å². The second kappa shape index (κ2) is 7.56. The molecular weight excluding hydrogens is 340 g/mol. The van der Waals surface area contributed by atoms with E-state index in [1.165, 1.54) is 11.3 Å². The van der Waals surface area contributed by atoms with Gasteiger partial charge in [-0.1, -0.05) is 0 Å². The molecule has 0 unspecified atom stereocenters. The molecule has 18 heavy (non-hydrogen) atoms. The highest BCUT2D eigenvalue weighted by atomic mass is 79.9. The average molecular weight is 357 g/mol. The maximum absolute atomic E-state index is 12.0. The summed E-state index contributed by atoms with van der Waals surface area (Å²) in [6.45, 7) is 1.39. The molecule has 8 heteroatoms. The van der Waals surface area contributed by atoms with Crippen molar-refractivity contribution < 1.29 is 13.2 Å². The van der Waals surface area contributed by atoms with Crippen LogP contribution in [0.25, 0.3) is 0 Å². The van der Waals surface area contributed by atoms with Gasteiger partial charge in [0.1, 0.15) is 4.90 Å². The lowest BCUT2D eigenvalue weighted by Crippen LogP contribution is -2.24. The van der Waals surface area contributed by atoms with Crippen molar-refractivity contribution in [1.29, 1.82) is 0 Å². The molecule has 3 N–H and O–H groups in total. The summed E-state index contributed by atoms with van der Waals surface area (Å²) in [5, 5.41) is 0. The van der Waals surface area contributed by atoms with Crippen LogP contribution in [0.3, 0.4) is 0 Å². The molecule has 0 bridgehead atoms. The van der Waals surface area contributed by atoms with E-state index in [0.29, 0.717) is 23.5 Å². The molecule has 0 atom stereocenters. The van der Waals surface area contributed by atoms with Gasteiger partial charge < -0.3 is 10.5 Å². The smallest absolute Gasteiger partial charge is 0.242 e. The van der Waals surface area contributed by atoms with Gasteiger partial charge in [0.25, 0.3) is 0 Å². The van der Waals surface area contributed by atoms with E-state index in [1.54, 1.807) is 13.2 Å². The third-order valence-corrected chi connectivity index (χ3v) is 6.00. The topological polar surface area (TPSA) is 81.4 Å². The van der Waals surface area contributed by atoms with E-state index >= 15 is 0 Å². The normalized spacial score (nSPS) is 11.9. The number of halogens is 1. The number of hydrogen-bond acceptors (Lipinski definition) is 5. The number of sulfonamides is 1. The first kappa shape index (κ1) is 16.1. The van der Waals surface area contributed by atoms with Crippen LogP contribution in [0.15, 0.2) is 14.7 Å². The molecule has 0 amide bonds. The minimum Gasteiger partial charge on any atom is -0.385 e. The molecule has 1 aromatic heterocycles. The first-order valence-corrected chi connectivity index (χ1v) is 8.57. The summed E-state index contributed by atoms with van der Waals surface area (Å²) < 4.78 is 32.1. The summed E-state index contributed by atoms with van der Waals surface area (Å²) in [4.78, 5) is 1.10. The summed E-state index contributed by atoms with van der Waals surface area (Å²) in [7, 11) is -1.82. The van der Waals surface area contributed by atoms with Gasteiger partial charge in [-0.3, -0.25) is 0 Å². The summed E-state index contributed by atoms with van der Waals surface area (Å²) in [6, 6.07) is 1.60. The van der Waals surface area contributed by atoms with Crippen molar-refractivity contribution in [1.82, 2.24) is 4.72 Å². The van der Waals surface area contributed by atoms with Crippen LogP contribution >= 0.6 is 27.3 Å². The van der Waals surface area contributed by atoms with Crippen molar-refractivity contribution in [3.05, 3.63) is 14.7 Å². The minimum atomic E-state index is -3.45. The predicted octanol–water partition coefficient (Wildman–Crippen LogP) is 1.67. The first-order valence-electron chi connectivity index (χ1n) is 5.48. The predicted molar refractivity (Wildman–Crippen MR) is 76.2 cm³/mol. The van der Waals surface area contributed by atoms with Crippen LogP contribution in [-0.4, -0.2) is 28.7 Å². The molecule has 1 heterocycles. The third kappa shape index (κ3) is 4.60. The van der Waals surface area contributed by atoms with E-state index in [4.69, 9.17) is 10.5 Å². The molecule has 0 saturated heterocycles. The molecule has 1 aromatic rings. The fourth-order valence-corrected chi connectivity index (χ4v) is 4.97. The number of hydrogen-bond donors (Lipinski definition) is 2. The van der Waals surface area contributed by atoms with Gasteiger partial charge in [0.05, 0.1) is 3.79 Å². The Labute approximate surface area is 120 Å². The molecular formula is C10H17BrN2O3S2. The average Bonchev–Trinajstić information content (AvgIpc) is 2.71. The Balaban J connectivity index is 2.60. The highest BCUT2D eigenvalue weighted by Gasteiger charge is 2.19. The van der Waals surface area contributed by atoms with Crippen LogP contribution in [0.1, 0.15) is 17.7 Å². The van der Waals surface area contributed by atoms with Crippen LogP contribution in [-0.2, 0) is 21.3 Å². The van der Waals surface area contributed by atoms with Gasteiger partial charge in [-0.25, -0.2) is 13.1 Å². The van der Waals surface area contributed by atoms with E-state index in [0.717, 1.165) is 17.7 Å². The van der Waals surface area contributed by atoms with Crippen molar-refractivity contribution in [3.63, 3.8) is 0 Å². The van der Waals surface area contributed by atoms with Crippen molar-refractivity contribution in [2.24, 2.45) is 5.73 Å². The number of unbranched alkanes of at least 4 members (excludes halogenated alkanes) is 1. The number of rotatable bonds is 8. The molecule has 0 fully saturated rings. The maximum atomic E-state index is 12.0. The second-order valence-electron chi connectivity index (χ2n) is 3.65. The van der Waals surface area contributed by atoms with Gasteiger partial charge in [0.2, 0.25) is 10.0 Å². The summed E-state index contributed by atoms with van der Waals surface area (Å²) in [5.41, 5.74) is 5.49. The second-order valence-corrected chi connectivity index (χ2v) is 7.84. The molecule has 104 valence electrons. The fraction of sp³-hybridized carbons (Fsp3) is 0.600. The molecule has 0 aliphatic carbocycles. The zero-order valence-electron chi connectivity index (χ0n) is 10.1. The van der Waals surface area contributed by atoms with Crippen LogP contribution in [0.5, 0.6) is 0 Å². The van der Waals surface area contributed by atoms with Crippen LogP contribution in [0.2, 0.25) is 0 Å². The van der Waals surface area contributed by atoms with E-state index in [2.05, 4.69) is 20.7 Å². The van der Waals surface area contributed by atoms with E-state index in [1.807, 2.05) is 0 Å². The third-order valence-electron chi connectivity index (χ3n) is 2.26. The Morgan fingerprint density at radius 2 is 2.22 bits per heavy atom. The van der Waals surface area contributed by atoms with E-state index < -0.39 is 10.0 Å². The molecule has 0 aliphatic rings. The zero-order chi connectivity index (χ0) is 13.6. The van der Waals surface area contributed by atoms with Gasteiger partial charge in [0, 0.05) is 31.7 Å². The number of methoxy groups -OCH3 is 1. The molecule has 0 aliphatic heterocycles. The van der Waals surface area contributed by atoms with Gasteiger partial charge in [-0.15, -0.1) is 11.3 Å². The van der Waals surface area contributed by atoms with E-state index in [9.17, 15) is 8.42 Å². The molecule has 0 aromatic carbocycles. The van der Waals surface area contributed by atoms with Crippen molar-refractivity contribution in [2.75, 3.05) is 20.3 Å². The van der Waals surface area contributed by atoms with Crippen molar-refractivity contribution >= 4 is 37.3 Å². The first-order chi connectivity index (χ1) is 8.51. The van der Waals surface area contributed by atoms with Gasteiger partial charge in [-0.2, -0.15) is 0 Å². The van der Waals surface area contributed by atoms with Gasteiger partial charge in [-0.05, 0) is 34.8 Å². The Bertz CT molecular complexity index is 473. The lowest BCUT2D eigenvalue weighted by Gasteiger charge is -2.05. The lowest BCUT2D eigenvalue weighted by atomic mass is 10.3. The van der Waals surface area contributed by atoms with Gasteiger partial charge in [0.15, 0.2) is 0 Å². The largest absolute Gasteiger partial charge is 0.385 e. The number of ether oxygens (including phenoxy) is 1. The zero-order valence-corrected chi connectivity index (χ0v) is 13.3. The Morgan fingerprint density at radius 1 is 1.50 bits per heavy atom. The fourth-order valence-electron chi connectivity index (χ4n) is 1.34. The standard InChI is InChI=1S/C10H17BrN2O3S2/c1-16-5-3-2-4-13-18(14,15)9-6-8(7-12)17-10(9)11/h6,13H,2-5,7,12H2,1H3. The molecule has 1 rings (SSSR count). The number of nitrogens with two attached hydrogens (primary N) is 1. The quantitative estimate of drug-likeness (QED) is 0.694. The Hall–Kier alpha value is 0.01000. The van der Waals surface area contributed by atoms with Crippen molar-refractivity contribution in [2.45, 2.75) is 24.3 Å². The minimum absolute atomic E-state index is 0.264. The lowest BCUT2D eigenvalue weighted by molar-refractivity contribution is 0.193. The van der Waals surface area contributed by atoms with Crippen molar-refractivity contribution in [3.8, 4) is 0 Å². The van der Waals surface area contributed by atoms with Crippen LogP contribution < -0.4 is 10.5 Å². The Morgan fingerprint density at radius 3 is 2.78 bits per heavy atom. The molecule has 0 saturated carbocycles. The Kier molecular flexibility index (Phi) is 6.75. The highest BCUT2D eigenvalue weighted by Crippen LogP contribution is 2.31. The van der Waals surface area contributed by atoms with Gasteiger partial charge >= 0.3 is 0 Å². The molecule has 5 nitrogen and oxygen atoms in total. The monoisotopic (exact) mass is 356 g/mol. The summed E-state index contributed by atoms with van der Waals surface area (Å²) >= 11 is 4.59. The number of thiophene rings is 1. The van der Waals surface area contributed by atoms with Crippen LogP contribution in [0.4, 0.5) is 0 Å². The SMILES string of the molecule is COCCCCNS(=O)(=O)c1cc(CN)sc1Br. The molecule has 0 radical (unpaired) electrons. The van der Waals surface area contributed by atoms with E-state index in [-0.39, 0.29) is 4.90 Å².